The van der Waals surface area contributed by atoms with Crippen molar-refractivity contribution in [1.29, 1.82) is 0 Å². The first-order valence-corrected chi connectivity index (χ1v) is 7.18. The Bertz CT molecular complexity index is 496. The van der Waals surface area contributed by atoms with E-state index in [1.807, 2.05) is 0 Å². The largest absolute Gasteiger partial charge is 0.467 e. The lowest BCUT2D eigenvalue weighted by atomic mass is 10.3. The van der Waals surface area contributed by atoms with Gasteiger partial charge in [-0.25, -0.2) is 18.2 Å². The molecule has 17 heavy (non-hydrogen) atoms. The molecule has 1 aromatic heterocycles. The van der Waals surface area contributed by atoms with Crippen LogP contribution in [0.2, 0.25) is 0 Å². The lowest BCUT2D eigenvalue weighted by Gasteiger charge is -2.09. The number of hydrogen-bond donors (Lipinski definition) is 1. The van der Waals surface area contributed by atoms with Gasteiger partial charge in [0.2, 0.25) is 10.0 Å². The quantitative estimate of drug-likeness (QED) is 0.783. The fourth-order valence-corrected chi connectivity index (χ4v) is 2.63. The second-order valence-corrected chi connectivity index (χ2v) is 5.70. The molecule has 96 valence electrons. The molecule has 1 unspecified atom stereocenters. The fourth-order valence-electron chi connectivity index (χ4n) is 1.06. The van der Waals surface area contributed by atoms with E-state index in [-0.39, 0.29) is 5.13 Å². The molecule has 0 amide bonds. The van der Waals surface area contributed by atoms with Gasteiger partial charge in [0, 0.05) is 12.5 Å². The number of hydrogen-bond acceptors (Lipinski definition) is 7. The smallest absolute Gasteiger partial charge is 0.341 e. The van der Waals surface area contributed by atoms with Crippen molar-refractivity contribution in [2.75, 3.05) is 25.2 Å². The van der Waals surface area contributed by atoms with E-state index in [0.717, 1.165) is 17.6 Å². The second-order valence-electron chi connectivity index (χ2n) is 3.09. The highest BCUT2D eigenvalue weighted by Gasteiger charge is 2.24. The third kappa shape index (κ3) is 3.95. The molecule has 0 spiro atoms. The highest BCUT2D eigenvalue weighted by Crippen LogP contribution is 2.24. The first kappa shape index (κ1) is 13.9. The fraction of sp³-hybridized carbons (Fsp3) is 0.500. The van der Waals surface area contributed by atoms with Gasteiger partial charge in [-0.15, -0.1) is 11.3 Å². The van der Waals surface area contributed by atoms with Crippen molar-refractivity contribution < 1.29 is 22.7 Å². The van der Waals surface area contributed by atoms with Crippen LogP contribution in [0.3, 0.4) is 0 Å². The minimum Gasteiger partial charge on any atom is -0.467 e. The number of methoxy groups -OCH3 is 2. The van der Waals surface area contributed by atoms with E-state index in [0.29, 0.717) is 5.69 Å². The van der Waals surface area contributed by atoms with Gasteiger partial charge in [-0.2, -0.15) is 0 Å². The molecular formula is C8H12N2O5S2. The molecule has 1 rings (SSSR count). The Balaban J connectivity index is 2.89. The van der Waals surface area contributed by atoms with E-state index in [9.17, 15) is 13.2 Å². The van der Waals surface area contributed by atoms with Crippen molar-refractivity contribution in [3.8, 4) is 0 Å². The average molecular weight is 280 g/mol. The molecule has 0 saturated heterocycles. The standard InChI is InChI=1S/C8H12N2O5S2/c1-14-6(7(11)15-2)5-4-16-8(9-5)10-17(3,12)13/h4,6H,1-3H3,(H,9,10). The summed E-state index contributed by atoms with van der Waals surface area (Å²) in [4.78, 5) is 15.3. The summed E-state index contributed by atoms with van der Waals surface area (Å²) in [6.45, 7) is 0. The molecule has 1 heterocycles. The number of aromatic nitrogens is 1. The Kier molecular flexibility index (Phi) is 4.43. The van der Waals surface area contributed by atoms with Gasteiger partial charge in [0.05, 0.1) is 19.1 Å². The van der Waals surface area contributed by atoms with Gasteiger partial charge in [0.1, 0.15) is 0 Å². The number of esters is 1. The summed E-state index contributed by atoms with van der Waals surface area (Å²) in [5, 5.41) is 1.70. The third-order valence-electron chi connectivity index (χ3n) is 1.71. The number of nitrogens with zero attached hydrogens (tertiary/aromatic N) is 1. The van der Waals surface area contributed by atoms with Crippen LogP contribution in [0, 0.1) is 0 Å². The number of ether oxygens (including phenoxy) is 2. The maximum atomic E-state index is 11.3. The first-order chi connectivity index (χ1) is 7.87. The maximum absolute atomic E-state index is 11.3. The molecule has 1 N–H and O–H groups in total. The van der Waals surface area contributed by atoms with Crippen molar-refractivity contribution in [3.63, 3.8) is 0 Å². The number of carbonyl (C=O) groups is 1. The third-order valence-corrected chi connectivity index (χ3v) is 3.18. The summed E-state index contributed by atoms with van der Waals surface area (Å²) in [5.74, 6) is -0.594. The summed E-state index contributed by atoms with van der Waals surface area (Å²) >= 11 is 1.06. The van der Waals surface area contributed by atoms with E-state index in [4.69, 9.17) is 4.74 Å². The number of carbonyl (C=O) groups excluding carboxylic acids is 1. The minimum atomic E-state index is -3.38. The van der Waals surface area contributed by atoms with Crippen LogP contribution < -0.4 is 4.72 Å². The van der Waals surface area contributed by atoms with Crippen molar-refractivity contribution in [2.45, 2.75) is 6.10 Å². The highest BCUT2D eigenvalue weighted by molar-refractivity contribution is 7.92. The molecule has 1 atom stereocenters. The van der Waals surface area contributed by atoms with Crippen LogP contribution in [0.1, 0.15) is 11.8 Å². The summed E-state index contributed by atoms with van der Waals surface area (Å²) in [6.07, 6.45) is 0.0636. The predicted molar refractivity (Wildman–Crippen MR) is 62.3 cm³/mol. The predicted octanol–water partition coefficient (Wildman–Crippen LogP) is 0.375. The highest BCUT2D eigenvalue weighted by atomic mass is 32.2. The van der Waals surface area contributed by atoms with Gasteiger partial charge in [-0.1, -0.05) is 0 Å². The Morgan fingerprint density at radius 1 is 1.53 bits per heavy atom. The van der Waals surface area contributed by atoms with Crippen LogP contribution in [-0.4, -0.2) is 39.8 Å². The van der Waals surface area contributed by atoms with Gasteiger partial charge >= 0.3 is 5.97 Å². The summed E-state index contributed by atoms with van der Waals surface area (Å²) in [6, 6.07) is 0. The van der Waals surface area contributed by atoms with Crippen LogP contribution in [0.25, 0.3) is 0 Å². The Hall–Kier alpha value is -1.19. The van der Waals surface area contributed by atoms with Gasteiger partial charge in [-0.3, -0.25) is 4.72 Å². The topological polar surface area (TPSA) is 94.6 Å². The van der Waals surface area contributed by atoms with Crippen LogP contribution in [-0.2, 0) is 24.3 Å². The zero-order chi connectivity index (χ0) is 13.1. The van der Waals surface area contributed by atoms with Crippen molar-refractivity contribution in [2.24, 2.45) is 0 Å². The SMILES string of the molecule is COC(=O)C(OC)c1csc(NS(C)(=O)=O)n1. The molecule has 0 aromatic carbocycles. The molecule has 0 aliphatic heterocycles. The lowest BCUT2D eigenvalue weighted by molar-refractivity contribution is -0.152. The van der Waals surface area contributed by atoms with Crippen molar-refractivity contribution >= 4 is 32.5 Å². The molecule has 0 saturated carbocycles. The van der Waals surface area contributed by atoms with Gasteiger partial charge in [0.25, 0.3) is 0 Å². The number of anilines is 1. The maximum Gasteiger partial charge on any atom is 0.341 e. The molecular weight excluding hydrogens is 268 g/mol. The van der Waals surface area contributed by atoms with E-state index < -0.39 is 22.1 Å². The normalized spacial score (nSPS) is 13.1. The molecule has 1 aromatic rings. The van der Waals surface area contributed by atoms with Crippen LogP contribution in [0.4, 0.5) is 5.13 Å². The van der Waals surface area contributed by atoms with Crippen LogP contribution >= 0.6 is 11.3 Å². The molecule has 0 aliphatic carbocycles. The number of nitrogens with one attached hydrogen (secondary N) is 1. The lowest BCUT2D eigenvalue weighted by Crippen LogP contribution is -2.16. The van der Waals surface area contributed by atoms with E-state index in [1.54, 1.807) is 0 Å². The Morgan fingerprint density at radius 2 is 2.18 bits per heavy atom. The van der Waals surface area contributed by atoms with Crippen LogP contribution in [0.5, 0.6) is 0 Å². The van der Waals surface area contributed by atoms with Crippen molar-refractivity contribution in [1.82, 2.24) is 4.98 Å². The minimum absolute atomic E-state index is 0.174. The number of sulfonamides is 1. The molecule has 0 aliphatic rings. The van der Waals surface area contributed by atoms with E-state index in [1.165, 1.54) is 19.6 Å². The van der Waals surface area contributed by atoms with E-state index in [2.05, 4.69) is 14.4 Å². The molecule has 0 fully saturated rings. The summed E-state index contributed by atoms with van der Waals surface area (Å²) in [7, 11) is -0.811. The number of thiazole rings is 1. The molecule has 0 bridgehead atoms. The van der Waals surface area contributed by atoms with Gasteiger partial charge in [0.15, 0.2) is 11.2 Å². The Labute approximate surface area is 103 Å². The summed E-state index contributed by atoms with van der Waals surface area (Å²) < 4.78 is 33.6. The monoisotopic (exact) mass is 280 g/mol. The van der Waals surface area contributed by atoms with Gasteiger partial charge in [-0.05, 0) is 0 Å². The summed E-state index contributed by atoms with van der Waals surface area (Å²) in [5.41, 5.74) is 0.301. The molecule has 9 heteroatoms. The Morgan fingerprint density at radius 3 is 2.65 bits per heavy atom. The average Bonchev–Trinajstić information content (AvgIpc) is 2.64. The molecule has 7 nitrogen and oxygen atoms in total. The van der Waals surface area contributed by atoms with Gasteiger partial charge < -0.3 is 9.47 Å². The zero-order valence-electron chi connectivity index (χ0n) is 9.46. The van der Waals surface area contributed by atoms with Crippen LogP contribution in [0.15, 0.2) is 5.38 Å². The molecule has 0 radical (unpaired) electrons. The van der Waals surface area contributed by atoms with Crippen molar-refractivity contribution in [3.05, 3.63) is 11.1 Å². The number of rotatable bonds is 5. The zero-order valence-corrected chi connectivity index (χ0v) is 11.1. The first-order valence-electron chi connectivity index (χ1n) is 4.41. The van der Waals surface area contributed by atoms with E-state index >= 15 is 0 Å². The second kappa shape index (κ2) is 5.43.